The number of pyridine rings is 1. The van der Waals surface area contributed by atoms with Gasteiger partial charge in [0.2, 0.25) is 0 Å². The first-order chi connectivity index (χ1) is 9.58. The Morgan fingerprint density at radius 1 is 1.25 bits per heavy atom. The molecule has 0 aliphatic carbocycles. The monoisotopic (exact) mass is 290 g/mol. The molecule has 0 fully saturated rings. The topological polar surface area (TPSA) is 34.1 Å². The van der Waals surface area contributed by atoms with Gasteiger partial charge in [-0.1, -0.05) is 37.6 Å². The minimum absolute atomic E-state index is 0.405. The average molecular weight is 291 g/mol. The molecule has 1 aromatic heterocycles. The number of ether oxygens (including phenoxy) is 1. The summed E-state index contributed by atoms with van der Waals surface area (Å²) in [5.41, 5.74) is 1.88. The molecule has 0 aliphatic heterocycles. The van der Waals surface area contributed by atoms with Crippen molar-refractivity contribution < 1.29 is 4.74 Å². The molecule has 106 valence electrons. The Morgan fingerprint density at radius 3 is 2.75 bits per heavy atom. The molecule has 0 saturated heterocycles. The average Bonchev–Trinajstić information content (AvgIpc) is 2.41. The number of aromatic nitrogens is 1. The van der Waals surface area contributed by atoms with E-state index in [1.807, 2.05) is 37.3 Å². The van der Waals surface area contributed by atoms with Gasteiger partial charge in [-0.2, -0.15) is 0 Å². The second-order valence-electron chi connectivity index (χ2n) is 4.95. The van der Waals surface area contributed by atoms with Gasteiger partial charge in [-0.15, -0.1) is 0 Å². The number of aryl methyl sites for hydroxylation is 1. The number of halogens is 1. The first-order valence-corrected chi connectivity index (χ1v) is 7.06. The fourth-order valence-corrected chi connectivity index (χ4v) is 2.04. The molecule has 0 saturated carbocycles. The predicted molar refractivity (Wildman–Crippen MR) is 82.5 cm³/mol. The maximum atomic E-state index is 6.27. The predicted octanol–water partition coefficient (Wildman–Crippen LogP) is 4.33. The minimum atomic E-state index is 0.405. The lowest BCUT2D eigenvalue weighted by atomic mass is 10.2. The molecule has 2 rings (SSSR count). The SMILES string of the molecule is Cc1ncccc1Oc1c(Cl)cccc1CNC(C)C. The number of benzene rings is 1. The summed E-state index contributed by atoms with van der Waals surface area (Å²) in [5, 5.41) is 3.98. The zero-order valence-corrected chi connectivity index (χ0v) is 12.7. The maximum absolute atomic E-state index is 6.27. The third kappa shape index (κ3) is 3.71. The molecule has 0 amide bonds. The van der Waals surface area contributed by atoms with Gasteiger partial charge in [-0.05, 0) is 25.1 Å². The van der Waals surface area contributed by atoms with Crippen LogP contribution in [0.4, 0.5) is 0 Å². The van der Waals surface area contributed by atoms with Crippen molar-refractivity contribution in [2.75, 3.05) is 0 Å². The van der Waals surface area contributed by atoms with E-state index in [-0.39, 0.29) is 0 Å². The van der Waals surface area contributed by atoms with Crippen molar-refractivity contribution in [3.8, 4) is 11.5 Å². The summed E-state index contributed by atoms with van der Waals surface area (Å²) in [5.74, 6) is 1.42. The van der Waals surface area contributed by atoms with E-state index in [2.05, 4.69) is 24.1 Å². The van der Waals surface area contributed by atoms with Gasteiger partial charge < -0.3 is 10.1 Å². The van der Waals surface area contributed by atoms with Gasteiger partial charge >= 0.3 is 0 Å². The molecule has 0 unspecified atom stereocenters. The molecular formula is C16H19ClN2O. The van der Waals surface area contributed by atoms with Crippen molar-refractivity contribution in [3.63, 3.8) is 0 Å². The fourth-order valence-electron chi connectivity index (χ4n) is 1.81. The van der Waals surface area contributed by atoms with Gasteiger partial charge in [0.25, 0.3) is 0 Å². The molecule has 0 radical (unpaired) electrons. The van der Waals surface area contributed by atoms with Crippen LogP contribution < -0.4 is 10.1 Å². The quantitative estimate of drug-likeness (QED) is 0.890. The maximum Gasteiger partial charge on any atom is 0.150 e. The van der Waals surface area contributed by atoms with Crippen molar-refractivity contribution in [2.45, 2.75) is 33.4 Å². The molecule has 1 aromatic carbocycles. The summed E-state index contributed by atoms with van der Waals surface area (Å²) < 4.78 is 5.97. The summed E-state index contributed by atoms with van der Waals surface area (Å²) in [6.45, 7) is 6.85. The Morgan fingerprint density at radius 2 is 2.05 bits per heavy atom. The molecule has 4 heteroatoms. The molecule has 1 N–H and O–H groups in total. The van der Waals surface area contributed by atoms with Crippen molar-refractivity contribution in [1.82, 2.24) is 10.3 Å². The number of hydrogen-bond acceptors (Lipinski definition) is 3. The van der Waals surface area contributed by atoms with Crippen LogP contribution in [0.1, 0.15) is 25.1 Å². The van der Waals surface area contributed by atoms with E-state index in [1.165, 1.54) is 0 Å². The van der Waals surface area contributed by atoms with Crippen molar-refractivity contribution in [3.05, 3.63) is 52.8 Å². The molecule has 2 aromatic rings. The van der Waals surface area contributed by atoms with Crippen LogP contribution in [0.3, 0.4) is 0 Å². The van der Waals surface area contributed by atoms with Gasteiger partial charge in [-0.3, -0.25) is 4.98 Å². The van der Waals surface area contributed by atoms with Crippen LogP contribution in [0, 0.1) is 6.92 Å². The Hall–Kier alpha value is -1.58. The highest BCUT2D eigenvalue weighted by Crippen LogP contribution is 2.33. The standard InChI is InChI=1S/C16H19ClN2O/c1-11(2)19-10-13-6-4-7-14(17)16(13)20-15-8-5-9-18-12(15)3/h4-9,11,19H,10H2,1-3H3. The molecule has 0 atom stereocenters. The summed E-state index contributed by atoms with van der Waals surface area (Å²) in [7, 11) is 0. The third-order valence-corrected chi connectivity index (χ3v) is 3.22. The van der Waals surface area contributed by atoms with Crippen LogP contribution in [0.25, 0.3) is 0 Å². The lowest BCUT2D eigenvalue weighted by Crippen LogP contribution is -2.22. The molecule has 0 spiro atoms. The second-order valence-corrected chi connectivity index (χ2v) is 5.36. The van der Waals surface area contributed by atoms with E-state index in [1.54, 1.807) is 6.20 Å². The summed E-state index contributed by atoms with van der Waals surface area (Å²) in [4.78, 5) is 4.23. The van der Waals surface area contributed by atoms with E-state index < -0.39 is 0 Å². The molecule has 0 bridgehead atoms. The third-order valence-electron chi connectivity index (χ3n) is 2.92. The number of rotatable bonds is 5. The van der Waals surface area contributed by atoms with Crippen LogP contribution >= 0.6 is 11.6 Å². The van der Waals surface area contributed by atoms with Crippen molar-refractivity contribution in [1.29, 1.82) is 0 Å². The smallest absolute Gasteiger partial charge is 0.150 e. The summed E-state index contributed by atoms with van der Waals surface area (Å²) >= 11 is 6.27. The Bertz CT molecular complexity index is 584. The Labute approximate surface area is 124 Å². The van der Waals surface area contributed by atoms with Crippen LogP contribution in [-0.2, 0) is 6.54 Å². The van der Waals surface area contributed by atoms with E-state index in [0.717, 1.165) is 17.0 Å². The Balaban J connectivity index is 2.28. The molecular weight excluding hydrogens is 272 g/mol. The minimum Gasteiger partial charge on any atom is -0.454 e. The summed E-state index contributed by atoms with van der Waals surface area (Å²) in [6, 6.07) is 9.94. The van der Waals surface area contributed by atoms with Crippen LogP contribution in [0.5, 0.6) is 11.5 Å². The van der Waals surface area contributed by atoms with Gasteiger partial charge in [0.15, 0.2) is 5.75 Å². The zero-order chi connectivity index (χ0) is 14.5. The van der Waals surface area contributed by atoms with Crippen LogP contribution in [0.15, 0.2) is 36.5 Å². The normalized spacial score (nSPS) is 10.8. The van der Waals surface area contributed by atoms with Crippen molar-refractivity contribution in [2.24, 2.45) is 0 Å². The second kappa shape index (κ2) is 6.73. The largest absolute Gasteiger partial charge is 0.454 e. The molecule has 0 aliphatic rings. The lowest BCUT2D eigenvalue weighted by Gasteiger charge is -2.15. The van der Waals surface area contributed by atoms with Gasteiger partial charge in [0, 0.05) is 24.3 Å². The first-order valence-electron chi connectivity index (χ1n) is 6.68. The van der Waals surface area contributed by atoms with Crippen molar-refractivity contribution >= 4 is 11.6 Å². The highest BCUT2D eigenvalue weighted by Gasteiger charge is 2.11. The zero-order valence-electron chi connectivity index (χ0n) is 12.0. The number of nitrogens with zero attached hydrogens (tertiary/aromatic N) is 1. The highest BCUT2D eigenvalue weighted by molar-refractivity contribution is 6.32. The number of nitrogens with one attached hydrogen (secondary N) is 1. The van der Waals surface area contributed by atoms with E-state index in [0.29, 0.717) is 23.4 Å². The van der Waals surface area contributed by atoms with Crippen LogP contribution in [0.2, 0.25) is 5.02 Å². The van der Waals surface area contributed by atoms with E-state index >= 15 is 0 Å². The van der Waals surface area contributed by atoms with Crippen LogP contribution in [-0.4, -0.2) is 11.0 Å². The molecule has 1 heterocycles. The molecule has 20 heavy (non-hydrogen) atoms. The van der Waals surface area contributed by atoms with Gasteiger partial charge in [0.1, 0.15) is 5.75 Å². The fraction of sp³-hybridized carbons (Fsp3) is 0.312. The number of para-hydroxylation sites is 1. The summed E-state index contributed by atoms with van der Waals surface area (Å²) in [6.07, 6.45) is 1.75. The number of hydrogen-bond donors (Lipinski definition) is 1. The first kappa shape index (κ1) is 14.8. The molecule has 3 nitrogen and oxygen atoms in total. The Kier molecular flexibility index (Phi) is 4.99. The highest BCUT2D eigenvalue weighted by atomic mass is 35.5. The van der Waals surface area contributed by atoms with E-state index in [4.69, 9.17) is 16.3 Å². The van der Waals surface area contributed by atoms with Gasteiger partial charge in [-0.25, -0.2) is 0 Å². The van der Waals surface area contributed by atoms with Gasteiger partial charge in [0.05, 0.1) is 10.7 Å². The van der Waals surface area contributed by atoms with E-state index in [9.17, 15) is 0 Å². The lowest BCUT2D eigenvalue weighted by molar-refractivity contribution is 0.463.